The zero-order valence-corrected chi connectivity index (χ0v) is 17.5. The number of hydrogen-bond acceptors (Lipinski definition) is 5. The summed E-state index contributed by atoms with van der Waals surface area (Å²) in [7, 11) is 0. The van der Waals surface area contributed by atoms with Gasteiger partial charge in [0.05, 0.1) is 25.5 Å². The summed E-state index contributed by atoms with van der Waals surface area (Å²) in [5, 5.41) is 0. The topological polar surface area (TPSA) is 58.6 Å². The molecule has 0 spiro atoms. The van der Waals surface area contributed by atoms with Gasteiger partial charge in [0.15, 0.2) is 0 Å². The van der Waals surface area contributed by atoms with Gasteiger partial charge in [0.1, 0.15) is 11.6 Å². The predicted octanol–water partition coefficient (Wildman–Crippen LogP) is 2.97. The van der Waals surface area contributed by atoms with Crippen LogP contribution in [0.5, 0.6) is 0 Å². The molecule has 3 heterocycles. The third-order valence-electron chi connectivity index (χ3n) is 5.30. The summed E-state index contributed by atoms with van der Waals surface area (Å²) in [6, 6.07) is 0. The fraction of sp³-hybridized carbons (Fsp3) is 0.762. The number of rotatable bonds is 4. The number of fused-ring (bicyclic) bond motifs is 1. The van der Waals surface area contributed by atoms with E-state index in [1.807, 2.05) is 11.8 Å². The Morgan fingerprint density at radius 3 is 2.56 bits per heavy atom. The molecule has 1 fully saturated rings. The van der Waals surface area contributed by atoms with E-state index in [0.29, 0.717) is 18.9 Å². The van der Waals surface area contributed by atoms with Gasteiger partial charge in [-0.25, -0.2) is 9.97 Å². The van der Waals surface area contributed by atoms with E-state index in [0.717, 1.165) is 68.6 Å². The maximum absolute atomic E-state index is 12.9. The van der Waals surface area contributed by atoms with E-state index in [2.05, 4.69) is 37.6 Å². The largest absolute Gasteiger partial charge is 0.378 e. The van der Waals surface area contributed by atoms with E-state index in [-0.39, 0.29) is 11.3 Å². The molecular formula is C21H34N4O2. The number of carbonyl (C=O) groups excluding carboxylic acids is 1. The summed E-state index contributed by atoms with van der Waals surface area (Å²) in [6.45, 7) is 15.4. The molecule has 2 aliphatic heterocycles. The Kier molecular flexibility index (Phi) is 6.04. The van der Waals surface area contributed by atoms with Crippen LogP contribution in [0.3, 0.4) is 0 Å². The smallest absolute Gasteiger partial charge is 0.223 e. The van der Waals surface area contributed by atoms with E-state index in [4.69, 9.17) is 9.72 Å². The van der Waals surface area contributed by atoms with Crippen molar-refractivity contribution in [2.45, 2.75) is 60.4 Å². The van der Waals surface area contributed by atoms with Gasteiger partial charge >= 0.3 is 0 Å². The van der Waals surface area contributed by atoms with Gasteiger partial charge in [0.2, 0.25) is 5.91 Å². The van der Waals surface area contributed by atoms with Crippen molar-refractivity contribution in [3.8, 4) is 0 Å². The highest BCUT2D eigenvalue weighted by Gasteiger charge is 2.29. The second kappa shape index (κ2) is 8.13. The van der Waals surface area contributed by atoms with Crippen LogP contribution in [0.15, 0.2) is 0 Å². The Labute approximate surface area is 163 Å². The van der Waals surface area contributed by atoms with Crippen molar-refractivity contribution < 1.29 is 9.53 Å². The first-order valence-electron chi connectivity index (χ1n) is 10.2. The van der Waals surface area contributed by atoms with Gasteiger partial charge in [-0.15, -0.1) is 0 Å². The second-order valence-corrected chi connectivity index (χ2v) is 9.26. The van der Waals surface area contributed by atoms with Crippen molar-refractivity contribution in [1.29, 1.82) is 0 Å². The van der Waals surface area contributed by atoms with Crippen LogP contribution >= 0.6 is 0 Å². The minimum absolute atomic E-state index is 0.253. The van der Waals surface area contributed by atoms with Crippen LogP contribution in [0, 0.1) is 18.3 Å². The van der Waals surface area contributed by atoms with Gasteiger partial charge in [-0.1, -0.05) is 27.7 Å². The average Bonchev–Trinajstić information content (AvgIpc) is 2.59. The van der Waals surface area contributed by atoms with Gasteiger partial charge < -0.3 is 14.5 Å². The van der Waals surface area contributed by atoms with Crippen molar-refractivity contribution in [2.75, 3.05) is 37.7 Å². The zero-order valence-electron chi connectivity index (χ0n) is 17.5. The number of ether oxygens (including phenoxy) is 1. The lowest BCUT2D eigenvalue weighted by atomic mass is 9.84. The van der Waals surface area contributed by atoms with Gasteiger partial charge in [-0.2, -0.15) is 0 Å². The van der Waals surface area contributed by atoms with E-state index >= 15 is 0 Å². The standard InChI is InChI=1S/C21H34N4O2/c1-15(13-21(3,4)5)12-19(26)25-7-6-18-17(14-25)20(23-16(2)22-18)24-8-10-27-11-9-24/h15H,6-14H2,1-5H3/t15-/m1/s1. The molecule has 0 N–H and O–H groups in total. The molecule has 0 aliphatic carbocycles. The maximum atomic E-state index is 12.9. The average molecular weight is 375 g/mol. The van der Waals surface area contributed by atoms with Crippen LogP contribution in [-0.4, -0.2) is 53.6 Å². The maximum Gasteiger partial charge on any atom is 0.223 e. The molecule has 1 atom stereocenters. The number of anilines is 1. The highest BCUT2D eigenvalue weighted by molar-refractivity contribution is 5.77. The van der Waals surface area contributed by atoms with Crippen molar-refractivity contribution >= 4 is 11.7 Å². The van der Waals surface area contributed by atoms with Crippen LogP contribution in [0.2, 0.25) is 0 Å². The lowest BCUT2D eigenvalue weighted by molar-refractivity contribution is -0.133. The summed E-state index contributed by atoms with van der Waals surface area (Å²) < 4.78 is 5.49. The number of carbonyl (C=O) groups is 1. The second-order valence-electron chi connectivity index (χ2n) is 9.26. The van der Waals surface area contributed by atoms with Crippen molar-refractivity contribution in [2.24, 2.45) is 11.3 Å². The molecule has 0 saturated carbocycles. The van der Waals surface area contributed by atoms with Gasteiger partial charge in [0, 0.05) is 38.0 Å². The minimum atomic E-state index is 0.253. The number of amides is 1. The molecule has 0 aromatic carbocycles. The van der Waals surface area contributed by atoms with Gasteiger partial charge in [0.25, 0.3) is 0 Å². The normalized spacial score (nSPS) is 19.0. The molecule has 150 valence electrons. The number of nitrogens with zero attached hydrogens (tertiary/aromatic N) is 4. The number of hydrogen-bond donors (Lipinski definition) is 0. The van der Waals surface area contributed by atoms with Crippen LogP contribution < -0.4 is 4.90 Å². The Bertz CT molecular complexity index is 677. The minimum Gasteiger partial charge on any atom is -0.378 e. The lowest BCUT2D eigenvalue weighted by Gasteiger charge is -2.35. The van der Waals surface area contributed by atoms with Crippen LogP contribution in [0.4, 0.5) is 5.82 Å². The van der Waals surface area contributed by atoms with E-state index in [9.17, 15) is 4.79 Å². The molecule has 1 saturated heterocycles. The van der Waals surface area contributed by atoms with Crippen molar-refractivity contribution in [1.82, 2.24) is 14.9 Å². The molecule has 2 aliphatic rings. The van der Waals surface area contributed by atoms with Crippen LogP contribution in [0.25, 0.3) is 0 Å². The zero-order chi connectivity index (χ0) is 19.6. The summed E-state index contributed by atoms with van der Waals surface area (Å²) in [5.41, 5.74) is 2.49. The van der Waals surface area contributed by atoms with Crippen molar-refractivity contribution in [3.63, 3.8) is 0 Å². The Morgan fingerprint density at radius 1 is 1.19 bits per heavy atom. The quantitative estimate of drug-likeness (QED) is 0.811. The Morgan fingerprint density at radius 2 is 1.89 bits per heavy atom. The third kappa shape index (κ3) is 5.18. The first-order valence-corrected chi connectivity index (χ1v) is 10.2. The molecule has 0 bridgehead atoms. The molecule has 27 heavy (non-hydrogen) atoms. The van der Waals surface area contributed by atoms with Gasteiger partial charge in [-0.3, -0.25) is 4.79 Å². The van der Waals surface area contributed by atoms with Crippen LogP contribution in [-0.2, 0) is 22.5 Å². The SMILES string of the molecule is Cc1nc2c(c(N3CCOCC3)n1)CN(C(=O)C[C@@H](C)CC(C)(C)C)CC2. The van der Waals surface area contributed by atoms with E-state index in [1.54, 1.807) is 0 Å². The summed E-state index contributed by atoms with van der Waals surface area (Å²) in [4.78, 5) is 26.6. The molecule has 0 unspecified atom stereocenters. The molecule has 1 aromatic rings. The lowest BCUT2D eigenvalue weighted by Crippen LogP contribution is -2.41. The van der Waals surface area contributed by atoms with Gasteiger partial charge in [-0.05, 0) is 24.7 Å². The Hall–Kier alpha value is -1.69. The summed E-state index contributed by atoms with van der Waals surface area (Å²) in [6.07, 6.45) is 2.49. The molecule has 1 amide bonds. The third-order valence-corrected chi connectivity index (χ3v) is 5.30. The molecule has 1 aromatic heterocycles. The van der Waals surface area contributed by atoms with Crippen molar-refractivity contribution in [3.05, 3.63) is 17.1 Å². The van der Waals surface area contributed by atoms with E-state index in [1.165, 1.54) is 0 Å². The Balaban J connectivity index is 1.74. The summed E-state index contributed by atoms with van der Waals surface area (Å²) >= 11 is 0. The molecule has 0 radical (unpaired) electrons. The number of aromatic nitrogens is 2. The highest BCUT2D eigenvalue weighted by atomic mass is 16.5. The number of aryl methyl sites for hydroxylation is 1. The summed E-state index contributed by atoms with van der Waals surface area (Å²) in [5.74, 6) is 2.47. The predicted molar refractivity (Wildman–Crippen MR) is 107 cm³/mol. The number of morpholine rings is 1. The molecule has 6 heteroatoms. The first kappa shape index (κ1) is 20.1. The molecule has 6 nitrogen and oxygen atoms in total. The molecule has 3 rings (SSSR count). The highest BCUT2D eigenvalue weighted by Crippen LogP contribution is 2.30. The fourth-order valence-corrected chi connectivity index (χ4v) is 4.31. The fourth-order valence-electron chi connectivity index (χ4n) is 4.31. The van der Waals surface area contributed by atoms with Crippen LogP contribution in [0.1, 0.15) is 57.6 Å². The first-order chi connectivity index (χ1) is 12.7. The molecular weight excluding hydrogens is 340 g/mol. The monoisotopic (exact) mass is 374 g/mol. The van der Waals surface area contributed by atoms with E-state index < -0.39 is 0 Å².